The summed E-state index contributed by atoms with van der Waals surface area (Å²) >= 11 is 0. The minimum atomic E-state index is -0.900. The molecule has 1 aromatic heterocycles. The predicted octanol–water partition coefficient (Wildman–Crippen LogP) is 1.35. The first kappa shape index (κ1) is 14.3. The van der Waals surface area contributed by atoms with E-state index in [1.807, 2.05) is 0 Å². The molecule has 0 spiro atoms. The van der Waals surface area contributed by atoms with Crippen LogP contribution in [0.5, 0.6) is 0 Å². The second-order valence-corrected chi connectivity index (χ2v) is 5.42. The Morgan fingerprint density at radius 1 is 1.32 bits per heavy atom. The Morgan fingerprint density at radius 3 is 2.77 bits per heavy atom. The SMILES string of the molecule is C[C@H](OC(=O)c1cc(=O)c2ccccc2[nH]1)C(=O)NC1CC1. The third-order valence-electron chi connectivity index (χ3n) is 3.53. The van der Waals surface area contributed by atoms with Crippen molar-refractivity contribution in [1.82, 2.24) is 10.3 Å². The highest BCUT2D eigenvalue weighted by atomic mass is 16.5. The molecule has 1 atom stereocenters. The lowest BCUT2D eigenvalue weighted by molar-refractivity contribution is -0.129. The summed E-state index contributed by atoms with van der Waals surface area (Å²) in [4.78, 5) is 38.7. The second-order valence-electron chi connectivity index (χ2n) is 5.42. The molecule has 0 unspecified atom stereocenters. The Morgan fingerprint density at radius 2 is 2.05 bits per heavy atom. The monoisotopic (exact) mass is 300 g/mol. The van der Waals surface area contributed by atoms with Gasteiger partial charge in [0.1, 0.15) is 5.69 Å². The predicted molar refractivity (Wildman–Crippen MR) is 80.6 cm³/mol. The van der Waals surface area contributed by atoms with Gasteiger partial charge in [-0.15, -0.1) is 0 Å². The fourth-order valence-corrected chi connectivity index (χ4v) is 2.13. The topological polar surface area (TPSA) is 88.3 Å². The zero-order chi connectivity index (χ0) is 15.7. The van der Waals surface area contributed by atoms with Crippen LogP contribution in [-0.2, 0) is 9.53 Å². The fourth-order valence-electron chi connectivity index (χ4n) is 2.13. The molecule has 0 aliphatic heterocycles. The van der Waals surface area contributed by atoms with Gasteiger partial charge >= 0.3 is 5.97 Å². The third-order valence-corrected chi connectivity index (χ3v) is 3.53. The number of H-pyrrole nitrogens is 1. The maximum atomic E-state index is 12.1. The van der Waals surface area contributed by atoms with E-state index in [-0.39, 0.29) is 23.1 Å². The van der Waals surface area contributed by atoms with Gasteiger partial charge in [0.25, 0.3) is 5.91 Å². The van der Waals surface area contributed by atoms with Crippen LogP contribution in [0, 0.1) is 0 Å². The number of amides is 1. The lowest BCUT2D eigenvalue weighted by Crippen LogP contribution is -2.37. The minimum Gasteiger partial charge on any atom is -0.448 e. The van der Waals surface area contributed by atoms with Crippen LogP contribution in [0.3, 0.4) is 0 Å². The number of pyridine rings is 1. The van der Waals surface area contributed by atoms with Gasteiger partial charge in [-0.2, -0.15) is 0 Å². The van der Waals surface area contributed by atoms with E-state index >= 15 is 0 Å². The van der Waals surface area contributed by atoms with Crippen LogP contribution in [0.15, 0.2) is 35.1 Å². The van der Waals surface area contributed by atoms with Gasteiger partial charge in [0, 0.05) is 23.0 Å². The highest BCUT2D eigenvalue weighted by molar-refractivity contribution is 5.93. The van der Waals surface area contributed by atoms with Gasteiger partial charge in [-0.25, -0.2) is 4.79 Å². The molecule has 22 heavy (non-hydrogen) atoms. The number of para-hydroxylation sites is 1. The van der Waals surface area contributed by atoms with Crippen LogP contribution in [-0.4, -0.2) is 29.0 Å². The maximum absolute atomic E-state index is 12.1. The van der Waals surface area contributed by atoms with Crippen LogP contribution in [0.4, 0.5) is 0 Å². The van der Waals surface area contributed by atoms with Gasteiger partial charge in [-0.05, 0) is 31.9 Å². The van der Waals surface area contributed by atoms with Crippen molar-refractivity contribution >= 4 is 22.8 Å². The first-order chi connectivity index (χ1) is 10.5. The number of ether oxygens (including phenoxy) is 1. The standard InChI is InChI=1S/C16H16N2O4/c1-9(15(20)17-10-6-7-10)22-16(21)13-8-14(19)11-4-2-3-5-12(11)18-13/h2-5,8-10H,6-7H2,1H3,(H,17,20)(H,18,19)/t9-/m0/s1. The van der Waals surface area contributed by atoms with E-state index in [0.29, 0.717) is 10.9 Å². The zero-order valence-electron chi connectivity index (χ0n) is 12.1. The summed E-state index contributed by atoms with van der Waals surface area (Å²) in [6.07, 6.45) is 1.03. The lowest BCUT2D eigenvalue weighted by Gasteiger charge is -2.13. The number of esters is 1. The van der Waals surface area contributed by atoms with Crippen molar-refractivity contribution in [3.63, 3.8) is 0 Å². The number of aromatic amines is 1. The molecule has 6 nitrogen and oxygen atoms in total. The van der Waals surface area contributed by atoms with Crippen LogP contribution in [0.2, 0.25) is 0 Å². The summed E-state index contributed by atoms with van der Waals surface area (Å²) in [5, 5.41) is 3.26. The van der Waals surface area contributed by atoms with Crippen molar-refractivity contribution in [2.24, 2.45) is 0 Å². The Kier molecular flexibility index (Phi) is 3.66. The minimum absolute atomic E-state index is 0.0368. The highest BCUT2D eigenvalue weighted by Crippen LogP contribution is 2.19. The van der Waals surface area contributed by atoms with Crippen molar-refractivity contribution in [3.05, 3.63) is 46.2 Å². The Hall–Kier alpha value is -2.63. The lowest BCUT2D eigenvalue weighted by atomic mass is 10.2. The van der Waals surface area contributed by atoms with Crippen molar-refractivity contribution in [2.75, 3.05) is 0 Å². The molecule has 2 N–H and O–H groups in total. The maximum Gasteiger partial charge on any atom is 0.355 e. The average Bonchev–Trinajstić information content (AvgIpc) is 3.31. The summed E-state index contributed by atoms with van der Waals surface area (Å²) in [6, 6.07) is 8.29. The zero-order valence-corrected chi connectivity index (χ0v) is 12.1. The number of carbonyl (C=O) groups excluding carboxylic acids is 2. The van der Waals surface area contributed by atoms with Crippen molar-refractivity contribution in [2.45, 2.75) is 31.9 Å². The Labute approximate surface area is 126 Å². The highest BCUT2D eigenvalue weighted by Gasteiger charge is 2.27. The molecular weight excluding hydrogens is 284 g/mol. The van der Waals surface area contributed by atoms with E-state index in [9.17, 15) is 14.4 Å². The number of benzene rings is 1. The molecule has 2 aromatic rings. The summed E-state index contributed by atoms with van der Waals surface area (Å²) in [5.41, 5.74) is 0.322. The van der Waals surface area contributed by atoms with E-state index in [4.69, 9.17) is 4.74 Å². The normalized spacial score (nSPS) is 15.3. The molecule has 0 bridgehead atoms. The number of carbonyl (C=O) groups is 2. The average molecular weight is 300 g/mol. The third kappa shape index (κ3) is 3.00. The number of aromatic nitrogens is 1. The van der Waals surface area contributed by atoms with Crippen LogP contribution in [0.25, 0.3) is 10.9 Å². The molecule has 6 heteroatoms. The molecule has 114 valence electrons. The van der Waals surface area contributed by atoms with Gasteiger partial charge < -0.3 is 15.0 Å². The number of rotatable bonds is 4. The van der Waals surface area contributed by atoms with Crippen LogP contribution >= 0.6 is 0 Å². The van der Waals surface area contributed by atoms with E-state index in [1.54, 1.807) is 24.3 Å². The van der Waals surface area contributed by atoms with Crippen LogP contribution < -0.4 is 10.7 Å². The quantitative estimate of drug-likeness (QED) is 0.834. The smallest absolute Gasteiger partial charge is 0.355 e. The summed E-state index contributed by atoms with van der Waals surface area (Å²) in [7, 11) is 0. The number of fused-ring (bicyclic) bond motifs is 1. The van der Waals surface area contributed by atoms with Gasteiger partial charge in [-0.1, -0.05) is 12.1 Å². The second kappa shape index (κ2) is 5.63. The van der Waals surface area contributed by atoms with E-state index in [1.165, 1.54) is 13.0 Å². The molecule has 0 saturated heterocycles. The fraction of sp³-hybridized carbons (Fsp3) is 0.312. The Balaban J connectivity index is 1.76. The molecule has 1 aliphatic rings. The van der Waals surface area contributed by atoms with E-state index in [2.05, 4.69) is 10.3 Å². The largest absolute Gasteiger partial charge is 0.448 e. The summed E-state index contributed by atoms with van der Waals surface area (Å²) in [5.74, 6) is -1.04. The van der Waals surface area contributed by atoms with Gasteiger partial charge in [-0.3, -0.25) is 9.59 Å². The molecular formula is C16H16N2O4. The van der Waals surface area contributed by atoms with Crippen molar-refractivity contribution in [3.8, 4) is 0 Å². The number of hydrogen-bond acceptors (Lipinski definition) is 4. The molecule has 1 aliphatic carbocycles. The van der Waals surface area contributed by atoms with Crippen molar-refractivity contribution in [1.29, 1.82) is 0 Å². The Bertz CT molecular complexity index is 792. The first-order valence-electron chi connectivity index (χ1n) is 7.18. The molecule has 1 aromatic carbocycles. The van der Waals surface area contributed by atoms with Gasteiger partial charge in [0.2, 0.25) is 0 Å². The van der Waals surface area contributed by atoms with Crippen molar-refractivity contribution < 1.29 is 14.3 Å². The molecule has 0 radical (unpaired) electrons. The molecule has 3 rings (SSSR count). The number of hydrogen-bond donors (Lipinski definition) is 2. The molecule has 1 saturated carbocycles. The summed E-state index contributed by atoms with van der Waals surface area (Å²) < 4.78 is 5.11. The van der Waals surface area contributed by atoms with E-state index in [0.717, 1.165) is 12.8 Å². The first-order valence-corrected chi connectivity index (χ1v) is 7.18. The molecule has 1 heterocycles. The van der Waals surface area contributed by atoms with Gasteiger partial charge in [0.15, 0.2) is 11.5 Å². The van der Waals surface area contributed by atoms with Crippen LogP contribution in [0.1, 0.15) is 30.3 Å². The molecule has 1 amide bonds. The van der Waals surface area contributed by atoms with E-state index < -0.39 is 12.1 Å². The number of nitrogens with one attached hydrogen (secondary N) is 2. The summed E-state index contributed by atoms with van der Waals surface area (Å²) in [6.45, 7) is 1.51. The molecule has 1 fully saturated rings. The van der Waals surface area contributed by atoms with Gasteiger partial charge in [0.05, 0.1) is 0 Å².